The Morgan fingerprint density at radius 2 is 1.66 bits per heavy atom. The molecule has 0 aliphatic carbocycles. The first-order valence-corrected chi connectivity index (χ1v) is 21.0. The molecule has 1 unspecified atom stereocenters. The lowest BCUT2D eigenvalue weighted by molar-refractivity contribution is 0.0686. The molecule has 1 N–H and O–H groups in total. The molecule has 1 aliphatic rings. The van der Waals surface area contributed by atoms with Crippen LogP contribution in [0.5, 0.6) is 11.5 Å². The zero-order valence-corrected chi connectivity index (χ0v) is 36.8. The third-order valence-corrected chi connectivity index (χ3v) is 12.5. The van der Waals surface area contributed by atoms with Gasteiger partial charge < -0.3 is 33.4 Å². The van der Waals surface area contributed by atoms with Crippen molar-refractivity contribution in [3.05, 3.63) is 122 Å². The van der Waals surface area contributed by atoms with E-state index in [9.17, 15) is 9.90 Å². The maximum Gasteiger partial charge on any atom is 0.352 e. The number of anilines is 1. The van der Waals surface area contributed by atoms with Crippen molar-refractivity contribution in [1.29, 1.82) is 0 Å². The number of carbonyl (C=O) groups is 2. The highest BCUT2D eigenvalue weighted by Gasteiger charge is 2.38. The lowest BCUT2D eigenvalue weighted by atomic mass is 9.98. The summed E-state index contributed by atoms with van der Waals surface area (Å²) in [5, 5.41) is 18.1. The van der Waals surface area contributed by atoms with Gasteiger partial charge in [0.1, 0.15) is 29.5 Å². The van der Waals surface area contributed by atoms with Crippen molar-refractivity contribution in [1.82, 2.24) is 23.9 Å². The minimum Gasteiger partial charge on any atom is -0.494 e. The average Bonchev–Trinajstić information content (AvgIpc) is 3.85. The zero-order chi connectivity index (χ0) is 43.3. The summed E-state index contributed by atoms with van der Waals surface area (Å²) in [5.74, 6) is -0.104. The number of aromatic nitrogens is 5. The van der Waals surface area contributed by atoms with Gasteiger partial charge in [-0.05, 0) is 107 Å². The Kier molecular flexibility index (Phi) is 11.6. The number of fused-ring (bicyclic) bond motifs is 4. The molecule has 0 saturated carbocycles. The first-order chi connectivity index (χ1) is 29.3. The number of carbonyl (C=O) groups excluding carboxylic acids is 1. The molecule has 4 aromatic heterocycles. The normalized spacial score (nSPS) is 14.0. The van der Waals surface area contributed by atoms with Gasteiger partial charge >= 0.3 is 5.97 Å². The molecule has 316 valence electrons. The highest BCUT2D eigenvalue weighted by atomic mass is 35.5. The molecule has 14 heteroatoms. The largest absolute Gasteiger partial charge is 0.494 e. The minimum absolute atomic E-state index is 0.0656. The van der Waals surface area contributed by atoms with Gasteiger partial charge in [-0.15, -0.1) is 0 Å². The van der Waals surface area contributed by atoms with Crippen molar-refractivity contribution in [3.63, 3.8) is 0 Å². The summed E-state index contributed by atoms with van der Waals surface area (Å²) >= 11 is 13.6. The molecule has 1 atom stereocenters. The van der Waals surface area contributed by atoms with Gasteiger partial charge in [0.05, 0.1) is 52.9 Å². The second kappa shape index (κ2) is 16.9. The topological polar surface area (TPSA) is 126 Å². The SMILES string of the molecule is COCCOc1cc(N2CC(C)n3c(c(CCCOc4cc(C)c(Cl)c(C)c4)c4ccc(Cl)c(-c5c(C)nn(C)c5C)c43)C2=O)c2c(c1)cc(C(=O)O)n2Cc1ccccn1. The second-order valence-electron chi connectivity index (χ2n) is 15.7. The van der Waals surface area contributed by atoms with Crippen LogP contribution in [0.15, 0.2) is 66.9 Å². The van der Waals surface area contributed by atoms with Gasteiger partial charge in [0, 0.05) is 71.6 Å². The van der Waals surface area contributed by atoms with Gasteiger partial charge in [-0.3, -0.25) is 14.5 Å². The Labute approximate surface area is 364 Å². The van der Waals surface area contributed by atoms with Crippen LogP contribution in [0.4, 0.5) is 5.69 Å². The van der Waals surface area contributed by atoms with Crippen LogP contribution in [-0.4, -0.2) is 74.4 Å². The van der Waals surface area contributed by atoms with Gasteiger partial charge in [0.15, 0.2) is 0 Å². The van der Waals surface area contributed by atoms with Crippen LogP contribution in [-0.2, 0) is 24.8 Å². The number of nitrogens with zero attached hydrogens (tertiary/aromatic N) is 6. The number of aryl methyl sites for hydroxylation is 5. The van der Waals surface area contributed by atoms with Crippen LogP contribution in [0.1, 0.15) is 74.1 Å². The maximum absolute atomic E-state index is 15.6. The van der Waals surface area contributed by atoms with Gasteiger partial charge in [-0.2, -0.15) is 5.10 Å². The first kappa shape index (κ1) is 41.9. The number of methoxy groups -OCH3 is 1. The molecule has 0 bridgehead atoms. The van der Waals surface area contributed by atoms with E-state index in [2.05, 4.69) is 16.5 Å². The Morgan fingerprint density at radius 1 is 0.918 bits per heavy atom. The van der Waals surface area contributed by atoms with E-state index in [1.165, 1.54) is 0 Å². The molecule has 1 aliphatic heterocycles. The molecule has 0 saturated heterocycles. The average molecular weight is 864 g/mol. The van der Waals surface area contributed by atoms with Crippen LogP contribution < -0.4 is 14.4 Å². The quantitative estimate of drug-likeness (QED) is 0.107. The van der Waals surface area contributed by atoms with Crippen molar-refractivity contribution < 1.29 is 28.9 Å². The summed E-state index contributed by atoms with van der Waals surface area (Å²) in [5.41, 5.74) is 9.57. The number of ether oxygens (including phenoxy) is 3. The molecule has 5 heterocycles. The number of hydrogen-bond donors (Lipinski definition) is 1. The van der Waals surface area contributed by atoms with Crippen LogP contribution in [0.25, 0.3) is 32.9 Å². The molecule has 7 aromatic rings. The Hall–Kier alpha value is -5.82. The summed E-state index contributed by atoms with van der Waals surface area (Å²) < 4.78 is 23.4. The number of pyridine rings is 1. The van der Waals surface area contributed by atoms with Crippen molar-refractivity contribution >= 4 is 62.6 Å². The van der Waals surface area contributed by atoms with Gasteiger partial charge in [-0.25, -0.2) is 4.79 Å². The maximum atomic E-state index is 15.6. The summed E-state index contributed by atoms with van der Waals surface area (Å²) in [7, 11) is 3.51. The predicted molar refractivity (Wildman–Crippen MR) is 239 cm³/mol. The summed E-state index contributed by atoms with van der Waals surface area (Å²) in [4.78, 5) is 34.8. The van der Waals surface area contributed by atoms with Gasteiger partial charge in [0.2, 0.25) is 0 Å². The van der Waals surface area contributed by atoms with Crippen LogP contribution >= 0.6 is 23.2 Å². The summed E-state index contributed by atoms with van der Waals surface area (Å²) in [6.45, 7) is 11.5. The van der Waals surface area contributed by atoms with E-state index in [0.717, 1.165) is 60.9 Å². The van der Waals surface area contributed by atoms with E-state index in [1.807, 2.05) is 94.0 Å². The van der Waals surface area contributed by atoms with E-state index in [0.29, 0.717) is 64.8 Å². The monoisotopic (exact) mass is 862 g/mol. The highest BCUT2D eigenvalue weighted by molar-refractivity contribution is 6.35. The van der Waals surface area contributed by atoms with Crippen LogP contribution in [0.2, 0.25) is 10.0 Å². The molecule has 3 aromatic carbocycles. The van der Waals surface area contributed by atoms with E-state index < -0.39 is 5.97 Å². The highest BCUT2D eigenvalue weighted by Crippen LogP contribution is 2.46. The molecule has 61 heavy (non-hydrogen) atoms. The fraction of sp³-hybridized carbons (Fsp3) is 0.319. The smallest absolute Gasteiger partial charge is 0.352 e. The molecular formula is C47H48Cl2N6O6. The minimum atomic E-state index is -1.10. The van der Waals surface area contributed by atoms with Crippen LogP contribution in [0, 0.1) is 27.7 Å². The van der Waals surface area contributed by atoms with E-state index in [4.69, 9.17) is 42.5 Å². The molecule has 12 nitrogen and oxygen atoms in total. The molecule has 0 fully saturated rings. The molecule has 8 rings (SSSR count). The lowest BCUT2D eigenvalue weighted by Gasteiger charge is -2.35. The van der Waals surface area contributed by atoms with Crippen molar-refractivity contribution in [2.75, 3.05) is 38.4 Å². The predicted octanol–water partition coefficient (Wildman–Crippen LogP) is 9.94. The van der Waals surface area contributed by atoms with Gasteiger partial charge in [0.25, 0.3) is 5.91 Å². The lowest BCUT2D eigenvalue weighted by Crippen LogP contribution is -2.43. The third-order valence-electron chi connectivity index (χ3n) is 11.6. The Bertz CT molecular complexity index is 2820. The molecule has 1 amide bonds. The van der Waals surface area contributed by atoms with Gasteiger partial charge in [-0.1, -0.05) is 35.3 Å². The second-order valence-corrected chi connectivity index (χ2v) is 16.5. The number of halogens is 2. The van der Waals surface area contributed by atoms with Crippen molar-refractivity contribution in [3.8, 4) is 22.6 Å². The number of hydrogen-bond acceptors (Lipinski definition) is 7. The fourth-order valence-corrected chi connectivity index (χ4v) is 9.18. The molecular weight excluding hydrogens is 815 g/mol. The summed E-state index contributed by atoms with van der Waals surface area (Å²) in [6, 6.07) is 18.4. The molecule has 0 spiro atoms. The summed E-state index contributed by atoms with van der Waals surface area (Å²) in [6.07, 6.45) is 2.81. The standard InChI is InChI=1S/C47H48Cl2N6O6/c1-26-19-33(20-27(2)42(26)49)60-16-10-12-35-36-13-14-37(48)41(40-29(4)51-52(6)30(40)5)44(36)55-28(3)24-54(46(56)45(35)55)38-23-34(61-18-17-59-7)21-31-22-39(47(57)58)53(43(31)38)25-32-11-8-9-15-50-32/h8-9,11,13-15,19-23,28H,10,12,16-18,24-25H2,1-7H3,(H,57,58). The fourth-order valence-electron chi connectivity index (χ4n) is 8.83. The Morgan fingerprint density at radius 3 is 2.33 bits per heavy atom. The molecule has 0 radical (unpaired) electrons. The van der Waals surface area contributed by atoms with E-state index in [-0.39, 0.29) is 37.3 Å². The van der Waals surface area contributed by atoms with Crippen molar-refractivity contribution in [2.45, 2.75) is 60.0 Å². The number of rotatable bonds is 14. The number of aromatic carboxylic acids is 1. The van der Waals surface area contributed by atoms with Crippen LogP contribution in [0.3, 0.4) is 0 Å². The van der Waals surface area contributed by atoms with E-state index in [1.54, 1.807) is 28.8 Å². The number of carboxylic acid groups (broad SMARTS) is 1. The Balaban J connectivity index is 1.31. The zero-order valence-electron chi connectivity index (χ0n) is 35.3. The number of benzene rings is 3. The number of carboxylic acids is 1. The van der Waals surface area contributed by atoms with E-state index >= 15 is 4.79 Å². The number of amides is 1. The third kappa shape index (κ3) is 7.62. The van der Waals surface area contributed by atoms with Crippen molar-refractivity contribution in [2.24, 2.45) is 7.05 Å². The first-order valence-electron chi connectivity index (χ1n) is 20.3.